The molecule has 0 radical (unpaired) electrons. The zero-order valence-corrected chi connectivity index (χ0v) is 16.2. The van der Waals surface area contributed by atoms with E-state index in [9.17, 15) is 13.2 Å². The van der Waals surface area contributed by atoms with Crippen molar-refractivity contribution in [1.82, 2.24) is 14.9 Å². The molecule has 24 heavy (non-hydrogen) atoms. The van der Waals surface area contributed by atoms with Gasteiger partial charge in [0, 0.05) is 38.6 Å². The molecular weight excluding hydrogens is 397 g/mol. The molecule has 1 aliphatic heterocycles. The largest absolute Gasteiger partial charge is 0.337 e. The first kappa shape index (κ1) is 21.5. The number of halogens is 3. The number of amides is 1. The van der Waals surface area contributed by atoms with Crippen LogP contribution < -0.4 is 10.0 Å². The maximum atomic E-state index is 12.3. The Bertz CT molecular complexity index is 665. The summed E-state index contributed by atoms with van der Waals surface area (Å²) >= 11 is 11.8. The SMILES string of the molecule is C[C@H]1CNCCN1C(=O)CCNS(=O)(=O)c1c(Cl)cccc1Cl.Cl. The van der Waals surface area contributed by atoms with Crippen molar-refractivity contribution in [3.05, 3.63) is 28.2 Å². The fourth-order valence-corrected chi connectivity index (χ4v) is 4.63. The molecule has 0 saturated carbocycles. The first-order valence-corrected chi connectivity index (χ1v) is 9.50. The maximum absolute atomic E-state index is 12.3. The average Bonchev–Trinajstić information content (AvgIpc) is 2.46. The van der Waals surface area contributed by atoms with Crippen LogP contribution in [0.25, 0.3) is 0 Å². The Kier molecular flexibility index (Phi) is 8.25. The number of hydrogen-bond acceptors (Lipinski definition) is 4. The number of rotatable bonds is 5. The molecule has 2 N–H and O–H groups in total. The Balaban J connectivity index is 0.00000288. The van der Waals surface area contributed by atoms with Crippen LogP contribution in [0.15, 0.2) is 23.1 Å². The van der Waals surface area contributed by atoms with Crippen molar-refractivity contribution >= 4 is 51.5 Å². The summed E-state index contributed by atoms with van der Waals surface area (Å²) in [7, 11) is -3.86. The lowest BCUT2D eigenvalue weighted by Gasteiger charge is -2.34. The van der Waals surface area contributed by atoms with Crippen LogP contribution in [-0.4, -0.2) is 51.4 Å². The zero-order valence-electron chi connectivity index (χ0n) is 13.1. The second kappa shape index (κ2) is 9.22. The van der Waals surface area contributed by atoms with Gasteiger partial charge in [-0.05, 0) is 19.1 Å². The van der Waals surface area contributed by atoms with Gasteiger partial charge < -0.3 is 10.2 Å². The summed E-state index contributed by atoms with van der Waals surface area (Å²) in [6, 6.07) is 4.58. The summed E-state index contributed by atoms with van der Waals surface area (Å²) in [6.45, 7) is 4.07. The molecule has 1 aromatic rings. The predicted octanol–water partition coefficient (Wildman–Crippen LogP) is 1.90. The number of benzene rings is 1. The quantitative estimate of drug-likeness (QED) is 0.768. The van der Waals surface area contributed by atoms with Crippen LogP contribution in [-0.2, 0) is 14.8 Å². The fraction of sp³-hybridized carbons (Fsp3) is 0.500. The third-order valence-corrected chi connectivity index (χ3v) is 6.06. The Morgan fingerprint density at radius 1 is 1.38 bits per heavy atom. The van der Waals surface area contributed by atoms with E-state index < -0.39 is 10.0 Å². The van der Waals surface area contributed by atoms with Gasteiger partial charge in [0.25, 0.3) is 0 Å². The molecule has 1 atom stereocenters. The second-order valence-corrected chi connectivity index (χ2v) is 7.86. The van der Waals surface area contributed by atoms with E-state index in [2.05, 4.69) is 10.0 Å². The third-order valence-electron chi connectivity index (χ3n) is 3.64. The number of hydrogen-bond donors (Lipinski definition) is 2. The Morgan fingerprint density at radius 3 is 2.58 bits per heavy atom. The van der Waals surface area contributed by atoms with E-state index in [4.69, 9.17) is 23.2 Å². The van der Waals surface area contributed by atoms with Gasteiger partial charge in [-0.3, -0.25) is 4.79 Å². The first-order valence-electron chi connectivity index (χ1n) is 7.27. The number of nitrogens with one attached hydrogen (secondary N) is 2. The minimum absolute atomic E-state index is 0. The average molecular weight is 417 g/mol. The van der Waals surface area contributed by atoms with Crippen LogP contribution >= 0.6 is 35.6 Å². The molecule has 1 saturated heterocycles. The lowest BCUT2D eigenvalue weighted by Crippen LogP contribution is -2.52. The molecule has 1 aliphatic rings. The molecule has 0 spiro atoms. The van der Waals surface area contributed by atoms with E-state index in [0.717, 1.165) is 13.1 Å². The summed E-state index contributed by atoms with van der Waals surface area (Å²) in [4.78, 5) is 13.8. The molecule has 2 rings (SSSR count). The van der Waals surface area contributed by atoms with Gasteiger partial charge in [-0.1, -0.05) is 29.3 Å². The molecule has 1 heterocycles. The van der Waals surface area contributed by atoms with Crippen LogP contribution in [0.3, 0.4) is 0 Å². The number of carbonyl (C=O) groups excluding carboxylic acids is 1. The number of piperazine rings is 1. The van der Waals surface area contributed by atoms with Gasteiger partial charge in [-0.2, -0.15) is 0 Å². The minimum atomic E-state index is -3.86. The number of nitrogens with zero attached hydrogens (tertiary/aromatic N) is 1. The van der Waals surface area contributed by atoms with Gasteiger partial charge >= 0.3 is 0 Å². The van der Waals surface area contributed by atoms with Gasteiger partial charge in [0.2, 0.25) is 15.9 Å². The van der Waals surface area contributed by atoms with E-state index in [1.807, 2.05) is 6.92 Å². The Labute approximate surface area is 158 Å². The van der Waals surface area contributed by atoms with Crippen LogP contribution in [0.5, 0.6) is 0 Å². The topological polar surface area (TPSA) is 78.5 Å². The summed E-state index contributed by atoms with van der Waals surface area (Å²) in [6.07, 6.45) is 0.0889. The molecule has 136 valence electrons. The molecule has 0 aromatic heterocycles. The van der Waals surface area contributed by atoms with Crippen molar-refractivity contribution in [3.63, 3.8) is 0 Å². The molecule has 1 fully saturated rings. The molecule has 0 unspecified atom stereocenters. The molecule has 1 amide bonds. The predicted molar refractivity (Wildman–Crippen MR) is 97.6 cm³/mol. The van der Waals surface area contributed by atoms with Gasteiger partial charge in [0.05, 0.1) is 10.0 Å². The van der Waals surface area contributed by atoms with E-state index in [1.165, 1.54) is 12.1 Å². The summed E-state index contributed by atoms with van der Waals surface area (Å²) in [5, 5.41) is 3.30. The van der Waals surface area contributed by atoms with Crippen molar-refractivity contribution in [2.45, 2.75) is 24.3 Å². The molecule has 0 aliphatic carbocycles. The molecule has 1 aromatic carbocycles. The summed E-state index contributed by atoms with van der Waals surface area (Å²) in [5.41, 5.74) is 0. The maximum Gasteiger partial charge on any atom is 0.243 e. The molecule has 0 bridgehead atoms. The van der Waals surface area contributed by atoms with Crippen LogP contribution in [0.4, 0.5) is 0 Å². The third kappa shape index (κ3) is 5.21. The van der Waals surface area contributed by atoms with Gasteiger partial charge in [0.15, 0.2) is 0 Å². The van der Waals surface area contributed by atoms with E-state index in [-0.39, 0.29) is 52.3 Å². The lowest BCUT2D eigenvalue weighted by molar-refractivity contribution is -0.133. The Hall–Kier alpha value is -0.570. The van der Waals surface area contributed by atoms with E-state index in [0.29, 0.717) is 6.54 Å². The molecular formula is C14H20Cl3N3O3S. The second-order valence-electron chi connectivity index (χ2n) is 5.34. The van der Waals surface area contributed by atoms with Crippen LogP contribution in [0.2, 0.25) is 10.0 Å². The van der Waals surface area contributed by atoms with Crippen LogP contribution in [0, 0.1) is 0 Å². The van der Waals surface area contributed by atoms with Crippen molar-refractivity contribution in [2.75, 3.05) is 26.2 Å². The number of carbonyl (C=O) groups is 1. The zero-order chi connectivity index (χ0) is 17.0. The summed E-state index contributed by atoms with van der Waals surface area (Å²) in [5.74, 6) is -0.0769. The monoisotopic (exact) mass is 415 g/mol. The smallest absolute Gasteiger partial charge is 0.243 e. The van der Waals surface area contributed by atoms with Crippen molar-refractivity contribution in [1.29, 1.82) is 0 Å². The normalized spacial score (nSPS) is 18.1. The van der Waals surface area contributed by atoms with Gasteiger partial charge in [-0.25, -0.2) is 13.1 Å². The van der Waals surface area contributed by atoms with Crippen molar-refractivity contribution < 1.29 is 13.2 Å². The van der Waals surface area contributed by atoms with Gasteiger partial charge in [-0.15, -0.1) is 12.4 Å². The summed E-state index contributed by atoms with van der Waals surface area (Å²) < 4.78 is 26.9. The van der Waals surface area contributed by atoms with E-state index >= 15 is 0 Å². The minimum Gasteiger partial charge on any atom is -0.337 e. The van der Waals surface area contributed by atoms with Crippen molar-refractivity contribution in [2.24, 2.45) is 0 Å². The highest BCUT2D eigenvalue weighted by Crippen LogP contribution is 2.28. The molecule has 10 heteroatoms. The van der Waals surface area contributed by atoms with E-state index in [1.54, 1.807) is 11.0 Å². The highest BCUT2D eigenvalue weighted by atomic mass is 35.5. The first-order chi connectivity index (χ1) is 10.8. The van der Waals surface area contributed by atoms with Crippen molar-refractivity contribution in [3.8, 4) is 0 Å². The van der Waals surface area contributed by atoms with Crippen LogP contribution in [0.1, 0.15) is 13.3 Å². The molecule has 6 nitrogen and oxygen atoms in total. The fourth-order valence-electron chi connectivity index (χ4n) is 2.46. The number of sulfonamides is 1. The Morgan fingerprint density at radius 2 is 2.00 bits per heavy atom. The highest BCUT2D eigenvalue weighted by molar-refractivity contribution is 7.89. The lowest BCUT2D eigenvalue weighted by atomic mass is 10.2. The standard InChI is InChI=1S/C14H19Cl2N3O3S.ClH/c1-10-9-17-7-8-19(10)13(20)5-6-18-23(21,22)14-11(15)3-2-4-12(14)16;/h2-4,10,17-18H,5-9H2,1H3;1H/t10-;/m0./s1. The highest BCUT2D eigenvalue weighted by Gasteiger charge is 2.24. The van der Waals surface area contributed by atoms with Gasteiger partial charge in [0.1, 0.15) is 4.90 Å².